The highest BCUT2D eigenvalue weighted by Gasteiger charge is 2.24. The van der Waals surface area contributed by atoms with Crippen LogP contribution in [0.1, 0.15) is 50.2 Å². The summed E-state index contributed by atoms with van der Waals surface area (Å²) in [5.74, 6) is 1.07. The first kappa shape index (κ1) is 16.3. The summed E-state index contributed by atoms with van der Waals surface area (Å²) < 4.78 is 11.9. The van der Waals surface area contributed by atoms with Gasteiger partial charge < -0.3 is 14.8 Å². The summed E-state index contributed by atoms with van der Waals surface area (Å²) in [7, 11) is 1.81. The lowest BCUT2D eigenvalue weighted by Crippen LogP contribution is -2.30. The maximum Gasteiger partial charge on any atom is 0.127 e. The van der Waals surface area contributed by atoms with Crippen molar-refractivity contribution in [1.82, 2.24) is 5.32 Å². The van der Waals surface area contributed by atoms with Crippen molar-refractivity contribution in [2.24, 2.45) is 0 Å². The highest BCUT2D eigenvalue weighted by molar-refractivity contribution is 5.41. The Kier molecular flexibility index (Phi) is 6.52. The quantitative estimate of drug-likeness (QED) is 0.774. The van der Waals surface area contributed by atoms with Crippen LogP contribution in [0.2, 0.25) is 0 Å². The van der Waals surface area contributed by atoms with Gasteiger partial charge in [0.15, 0.2) is 0 Å². The molecule has 2 unspecified atom stereocenters. The summed E-state index contributed by atoms with van der Waals surface area (Å²) in [6.45, 7) is 6.25. The molecule has 0 amide bonds. The second kappa shape index (κ2) is 8.40. The molecular weight excluding hydrogens is 262 g/mol. The lowest BCUT2D eigenvalue weighted by atomic mass is 9.94. The highest BCUT2D eigenvalue weighted by atomic mass is 16.5. The zero-order chi connectivity index (χ0) is 15.1. The van der Waals surface area contributed by atoms with E-state index in [0.717, 1.165) is 44.5 Å². The van der Waals surface area contributed by atoms with E-state index in [4.69, 9.17) is 9.47 Å². The fraction of sp³-hybridized carbons (Fsp3) is 0.667. The van der Waals surface area contributed by atoms with E-state index in [1.54, 1.807) is 7.11 Å². The molecule has 0 aromatic heterocycles. The maximum atomic E-state index is 6.36. The van der Waals surface area contributed by atoms with E-state index in [1.165, 1.54) is 17.5 Å². The number of hydrogen-bond acceptors (Lipinski definition) is 3. The Balaban J connectivity index is 2.03. The molecule has 0 radical (unpaired) electrons. The van der Waals surface area contributed by atoms with Crippen molar-refractivity contribution in [3.8, 4) is 5.75 Å². The largest absolute Gasteiger partial charge is 0.490 e. The number of aryl methyl sites for hydroxylation is 1. The predicted octanol–water partition coefficient (Wildman–Crippen LogP) is 3.83. The lowest BCUT2D eigenvalue weighted by molar-refractivity contribution is 0.0204. The first-order chi connectivity index (χ1) is 10.2. The van der Waals surface area contributed by atoms with Gasteiger partial charge in [-0.25, -0.2) is 0 Å². The van der Waals surface area contributed by atoms with E-state index < -0.39 is 0 Å². The molecule has 3 heteroatoms. The van der Waals surface area contributed by atoms with E-state index in [-0.39, 0.29) is 6.10 Å². The predicted molar refractivity (Wildman–Crippen MR) is 86.9 cm³/mol. The molecule has 0 heterocycles. The number of benzene rings is 1. The number of nitrogens with one attached hydrogen (secondary N) is 1. The van der Waals surface area contributed by atoms with Crippen molar-refractivity contribution in [1.29, 1.82) is 0 Å². The van der Waals surface area contributed by atoms with Crippen molar-refractivity contribution in [3.05, 3.63) is 29.3 Å². The molecule has 1 aromatic carbocycles. The van der Waals surface area contributed by atoms with Crippen LogP contribution in [-0.2, 0) is 11.3 Å². The van der Waals surface area contributed by atoms with Crippen molar-refractivity contribution >= 4 is 0 Å². The Morgan fingerprint density at radius 3 is 2.81 bits per heavy atom. The third kappa shape index (κ3) is 4.72. The van der Waals surface area contributed by atoms with Crippen molar-refractivity contribution in [3.63, 3.8) is 0 Å². The van der Waals surface area contributed by atoms with Gasteiger partial charge in [0.2, 0.25) is 0 Å². The lowest BCUT2D eigenvalue weighted by Gasteiger charge is -2.30. The smallest absolute Gasteiger partial charge is 0.127 e. The fourth-order valence-electron chi connectivity index (χ4n) is 3.01. The van der Waals surface area contributed by atoms with Gasteiger partial charge in [-0.2, -0.15) is 0 Å². The van der Waals surface area contributed by atoms with Crippen LogP contribution in [0.25, 0.3) is 0 Å². The van der Waals surface area contributed by atoms with E-state index in [0.29, 0.717) is 6.10 Å². The van der Waals surface area contributed by atoms with Gasteiger partial charge in [-0.3, -0.25) is 0 Å². The Bertz CT molecular complexity index is 433. The van der Waals surface area contributed by atoms with E-state index in [1.807, 2.05) is 0 Å². The molecule has 1 aliphatic carbocycles. The van der Waals surface area contributed by atoms with Crippen LogP contribution in [0.4, 0.5) is 0 Å². The van der Waals surface area contributed by atoms with Crippen molar-refractivity contribution < 1.29 is 9.47 Å². The van der Waals surface area contributed by atoms with Crippen molar-refractivity contribution in [2.45, 2.75) is 64.7 Å². The van der Waals surface area contributed by atoms with Gasteiger partial charge in [-0.15, -0.1) is 0 Å². The number of para-hydroxylation sites is 1. The SMILES string of the molecule is CCCNCc1cccc(C)c1OC1CCCC(OC)C1. The standard InChI is InChI=1S/C18H29NO2/c1-4-11-19-13-15-8-5-7-14(2)18(15)21-17-10-6-9-16(12-17)20-3/h5,7-8,16-17,19H,4,6,9-13H2,1-3H3. The third-order valence-corrected chi connectivity index (χ3v) is 4.23. The molecule has 1 saturated carbocycles. The highest BCUT2D eigenvalue weighted by Crippen LogP contribution is 2.29. The second-order valence-corrected chi connectivity index (χ2v) is 6.00. The van der Waals surface area contributed by atoms with Crippen LogP contribution in [0.15, 0.2) is 18.2 Å². The zero-order valence-electron chi connectivity index (χ0n) is 13.7. The molecule has 2 atom stereocenters. The molecule has 118 valence electrons. The summed E-state index contributed by atoms with van der Waals surface area (Å²) in [4.78, 5) is 0. The average Bonchev–Trinajstić information content (AvgIpc) is 2.51. The zero-order valence-corrected chi connectivity index (χ0v) is 13.7. The van der Waals surface area contributed by atoms with Crippen LogP contribution < -0.4 is 10.1 Å². The van der Waals surface area contributed by atoms with Gasteiger partial charge in [-0.05, 0) is 44.7 Å². The normalized spacial score (nSPS) is 22.2. The summed E-state index contributed by atoms with van der Waals surface area (Å²) in [5, 5.41) is 3.47. The van der Waals surface area contributed by atoms with Crippen LogP contribution in [-0.4, -0.2) is 25.9 Å². The molecule has 0 spiro atoms. The summed E-state index contributed by atoms with van der Waals surface area (Å²) in [6, 6.07) is 6.42. The molecule has 1 aliphatic rings. The Hall–Kier alpha value is -1.06. The van der Waals surface area contributed by atoms with Gasteiger partial charge in [-0.1, -0.05) is 25.1 Å². The topological polar surface area (TPSA) is 30.5 Å². The van der Waals surface area contributed by atoms with Crippen molar-refractivity contribution in [2.75, 3.05) is 13.7 Å². The van der Waals surface area contributed by atoms with Gasteiger partial charge in [0, 0.05) is 25.6 Å². The molecular formula is C18H29NO2. The van der Waals surface area contributed by atoms with Crippen LogP contribution >= 0.6 is 0 Å². The molecule has 1 fully saturated rings. The maximum absolute atomic E-state index is 6.36. The number of rotatable bonds is 7. The van der Waals surface area contributed by atoms with E-state index >= 15 is 0 Å². The van der Waals surface area contributed by atoms with E-state index in [9.17, 15) is 0 Å². The van der Waals surface area contributed by atoms with Gasteiger partial charge >= 0.3 is 0 Å². The third-order valence-electron chi connectivity index (χ3n) is 4.23. The molecule has 21 heavy (non-hydrogen) atoms. The summed E-state index contributed by atoms with van der Waals surface area (Å²) in [5.41, 5.74) is 2.49. The minimum absolute atomic E-state index is 0.287. The fourth-order valence-corrected chi connectivity index (χ4v) is 3.01. The Morgan fingerprint density at radius 1 is 1.24 bits per heavy atom. The molecule has 0 bridgehead atoms. The van der Waals surface area contributed by atoms with Gasteiger partial charge in [0.05, 0.1) is 6.10 Å². The first-order valence-electron chi connectivity index (χ1n) is 8.23. The van der Waals surface area contributed by atoms with Crippen LogP contribution in [0.3, 0.4) is 0 Å². The first-order valence-corrected chi connectivity index (χ1v) is 8.23. The molecule has 0 saturated heterocycles. The van der Waals surface area contributed by atoms with Crippen LogP contribution in [0.5, 0.6) is 5.75 Å². The van der Waals surface area contributed by atoms with Gasteiger partial charge in [0.1, 0.15) is 11.9 Å². The molecule has 1 aromatic rings. The minimum atomic E-state index is 0.287. The Morgan fingerprint density at radius 2 is 2.05 bits per heavy atom. The number of hydrogen-bond donors (Lipinski definition) is 1. The minimum Gasteiger partial charge on any atom is -0.490 e. The molecule has 1 N–H and O–H groups in total. The molecule has 3 nitrogen and oxygen atoms in total. The Labute approximate surface area is 129 Å². The average molecular weight is 291 g/mol. The van der Waals surface area contributed by atoms with Crippen LogP contribution in [0, 0.1) is 6.92 Å². The summed E-state index contributed by atoms with van der Waals surface area (Å²) >= 11 is 0. The second-order valence-electron chi connectivity index (χ2n) is 6.00. The van der Waals surface area contributed by atoms with E-state index in [2.05, 4.69) is 37.4 Å². The molecule has 2 rings (SSSR count). The number of methoxy groups -OCH3 is 1. The summed E-state index contributed by atoms with van der Waals surface area (Å²) in [6.07, 6.45) is 6.29. The monoisotopic (exact) mass is 291 g/mol. The van der Waals surface area contributed by atoms with Gasteiger partial charge in [0.25, 0.3) is 0 Å². The molecule has 0 aliphatic heterocycles. The number of ether oxygens (including phenoxy) is 2.